The Morgan fingerprint density at radius 3 is 2.91 bits per heavy atom. The van der Waals surface area contributed by atoms with E-state index in [4.69, 9.17) is 4.74 Å². The molecule has 0 aromatic rings. The van der Waals surface area contributed by atoms with Crippen LogP contribution in [0.4, 0.5) is 0 Å². The van der Waals surface area contributed by atoms with E-state index in [-0.39, 0.29) is 0 Å². The fourth-order valence-electron chi connectivity index (χ4n) is 7.42. The van der Waals surface area contributed by atoms with Crippen LogP contribution in [-0.4, -0.2) is 24.7 Å². The molecule has 122 valence electrons. The molecule has 0 aromatic heterocycles. The van der Waals surface area contributed by atoms with Crippen molar-refractivity contribution >= 4 is 5.78 Å². The van der Waals surface area contributed by atoms with Crippen molar-refractivity contribution in [1.82, 2.24) is 5.32 Å². The molecule has 0 amide bonds. The third kappa shape index (κ3) is 1.62. The quantitative estimate of drug-likeness (QED) is 0.747. The predicted molar refractivity (Wildman–Crippen MR) is 84.2 cm³/mol. The molecule has 1 N–H and O–H groups in total. The van der Waals surface area contributed by atoms with E-state index in [0.29, 0.717) is 34.9 Å². The first kappa shape index (κ1) is 14.0. The maximum Gasteiger partial charge on any atom is 0.133 e. The number of fused-ring (bicyclic) bond motifs is 8. The van der Waals surface area contributed by atoms with Crippen molar-refractivity contribution in [1.29, 1.82) is 0 Å². The van der Waals surface area contributed by atoms with E-state index in [1.807, 2.05) is 0 Å². The number of carbonyl (C=O) groups excluding carboxylic acids is 1. The summed E-state index contributed by atoms with van der Waals surface area (Å²) in [4.78, 5) is 12.1. The van der Waals surface area contributed by atoms with Crippen LogP contribution in [0.5, 0.6) is 0 Å². The SMILES string of the molecule is CC12CCC3C(CCC4CC5NCC(O5)C43C)C1CC(=O)C2. The molecule has 3 heteroatoms. The summed E-state index contributed by atoms with van der Waals surface area (Å²) in [5.74, 6) is 3.56. The molecular formula is C19H29NO2. The number of hydrogen-bond acceptors (Lipinski definition) is 3. The summed E-state index contributed by atoms with van der Waals surface area (Å²) in [6.07, 6.45) is 8.95. The Labute approximate surface area is 133 Å². The maximum absolute atomic E-state index is 12.1. The zero-order valence-corrected chi connectivity index (χ0v) is 13.9. The Morgan fingerprint density at radius 2 is 2.05 bits per heavy atom. The fraction of sp³-hybridized carbons (Fsp3) is 0.947. The Morgan fingerprint density at radius 1 is 1.18 bits per heavy atom. The Bertz CT molecular complexity index is 520. The molecule has 8 unspecified atom stereocenters. The fourth-order valence-corrected chi connectivity index (χ4v) is 7.42. The molecule has 2 bridgehead atoms. The summed E-state index contributed by atoms with van der Waals surface area (Å²) in [7, 11) is 0. The summed E-state index contributed by atoms with van der Waals surface area (Å²) >= 11 is 0. The van der Waals surface area contributed by atoms with Gasteiger partial charge in [-0.1, -0.05) is 13.8 Å². The lowest BCUT2D eigenvalue weighted by Crippen LogP contribution is -2.58. The van der Waals surface area contributed by atoms with Gasteiger partial charge in [0.05, 0.1) is 6.10 Å². The van der Waals surface area contributed by atoms with Crippen molar-refractivity contribution in [2.45, 2.75) is 71.1 Å². The topological polar surface area (TPSA) is 38.3 Å². The molecular weight excluding hydrogens is 274 g/mol. The molecule has 0 aromatic carbocycles. The van der Waals surface area contributed by atoms with Crippen molar-refractivity contribution in [3.8, 4) is 0 Å². The van der Waals surface area contributed by atoms with Gasteiger partial charge in [-0.15, -0.1) is 0 Å². The van der Waals surface area contributed by atoms with Crippen LogP contribution in [0.3, 0.4) is 0 Å². The van der Waals surface area contributed by atoms with Gasteiger partial charge in [-0.05, 0) is 61.2 Å². The summed E-state index contributed by atoms with van der Waals surface area (Å²) in [5, 5.41) is 3.58. The number of nitrogens with one attached hydrogen (secondary N) is 1. The van der Waals surface area contributed by atoms with Crippen LogP contribution in [0.1, 0.15) is 58.8 Å². The molecule has 3 aliphatic carbocycles. The first-order valence-electron chi connectivity index (χ1n) is 9.41. The second-order valence-corrected chi connectivity index (χ2v) is 9.39. The minimum Gasteiger partial charge on any atom is -0.358 e. The van der Waals surface area contributed by atoms with Gasteiger partial charge in [0.2, 0.25) is 0 Å². The van der Waals surface area contributed by atoms with Gasteiger partial charge < -0.3 is 4.74 Å². The molecule has 22 heavy (non-hydrogen) atoms. The number of hydrogen-bond donors (Lipinski definition) is 1. The molecule has 2 heterocycles. The van der Waals surface area contributed by atoms with E-state index in [0.717, 1.165) is 37.1 Å². The van der Waals surface area contributed by atoms with E-state index in [1.165, 1.54) is 32.1 Å². The lowest BCUT2D eigenvalue weighted by molar-refractivity contribution is -0.190. The zero-order chi connectivity index (χ0) is 15.1. The molecule has 3 saturated carbocycles. The molecule has 5 fully saturated rings. The zero-order valence-electron chi connectivity index (χ0n) is 13.9. The normalized spacial score (nSPS) is 59.8. The molecule has 2 aliphatic heterocycles. The highest BCUT2D eigenvalue weighted by Crippen LogP contribution is 2.66. The molecule has 3 nitrogen and oxygen atoms in total. The van der Waals surface area contributed by atoms with Crippen molar-refractivity contribution in [2.75, 3.05) is 6.54 Å². The lowest BCUT2D eigenvalue weighted by atomic mass is 9.46. The first-order chi connectivity index (χ1) is 10.5. The number of rotatable bonds is 0. The molecule has 0 spiro atoms. The van der Waals surface area contributed by atoms with Crippen LogP contribution in [0.15, 0.2) is 0 Å². The van der Waals surface area contributed by atoms with Gasteiger partial charge in [-0.25, -0.2) is 0 Å². The largest absolute Gasteiger partial charge is 0.358 e. The van der Waals surface area contributed by atoms with E-state index in [9.17, 15) is 4.79 Å². The highest BCUT2D eigenvalue weighted by Gasteiger charge is 2.63. The average Bonchev–Trinajstić information content (AvgIpc) is 3.02. The van der Waals surface area contributed by atoms with Gasteiger partial charge in [0.25, 0.3) is 0 Å². The first-order valence-corrected chi connectivity index (χ1v) is 9.41. The van der Waals surface area contributed by atoms with Crippen molar-refractivity contribution in [3.63, 3.8) is 0 Å². The second-order valence-electron chi connectivity index (χ2n) is 9.39. The van der Waals surface area contributed by atoms with E-state index in [1.54, 1.807) is 0 Å². The molecule has 2 saturated heterocycles. The Kier molecular flexibility index (Phi) is 2.77. The van der Waals surface area contributed by atoms with Crippen molar-refractivity contribution in [2.24, 2.45) is 34.5 Å². The number of ketones is 1. The third-order valence-electron chi connectivity index (χ3n) is 8.58. The molecule has 8 atom stereocenters. The van der Waals surface area contributed by atoms with E-state index in [2.05, 4.69) is 19.2 Å². The highest BCUT2D eigenvalue weighted by atomic mass is 16.5. The summed E-state index contributed by atoms with van der Waals surface area (Å²) in [6, 6.07) is 0. The molecule has 5 rings (SSSR count). The Hall–Kier alpha value is -0.410. The minimum atomic E-state index is 0.313. The third-order valence-corrected chi connectivity index (χ3v) is 8.58. The maximum atomic E-state index is 12.1. The van der Waals surface area contributed by atoms with E-state index >= 15 is 0 Å². The van der Waals surface area contributed by atoms with E-state index < -0.39 is 0 Å². The summed E-state index contributed by atoms with van der Waals surface area (Å²) < 4.78 is 6.30. The van der Waals surface area contributed by atoms with Gasteiger partial charge in [0, 0.05) is 24.8 Å². The standard InChI is InChI=1S/C19H29NO2/c1-18-6-5-14-13(15(18)8-12(21)9-18)4-3-11-7-17-20-10-16(22-17)19(11,14)2/h11,13-17,20H,3-10H2,1-2H3. The predicted octanol–water partition coefficient (Wildman–Crippen LogP) is 3.13. The van der Waals surface area contributed by atoms with Gasteiger partial charge in [0.15, 0.2) is 0 Å². The van der Waals surface area contributed by atoms with Crippen LogP contribution in [-0.2, 0) is 9.53 Å². The van der Waals surface area contributed by atoms with Crippen LogP contribution in [0.25, 0.3) is 0 Å². The monoisotopic (exact) mass is 303 g/mol. The van der Waals surface area contributed by atoms with Gasteiger partial charge in [0.1, 0.15) is 12.0 Å². The average molecular weight is 303 g/mol. The number of ether oxygens (including phenoxy) is 1. The van der Waals surface area contributed by atoms with Crippen LogP contribution in [0.2, 0.25) is 0 Å². The second kappa shape index (κ2) is 4.36. The van der Waals surface area contributed by atoms with Gasteiger partial charge in [-0.3, -0.25) is 10.1 Å². The molecule has 0 radical (unpaired) electrons. The van der Waals surface area contributed by atoms with Gasteiger partial charge in [-0.2, -0.15) is 0 Å². The van der Waals surface area contributed by atoms with Crippen LogP contribution >= 0.6 is 0 Å². The summed E-state index contributed by atoms with van der Waals surface area (Å²) in [5.41, 5.74) is 0.656. The smallest absolute Gasteiger partial charge is 0.133 e. The lowest BCUT2D eigenvalue weighted by Gasteiger charge is -2.61. The van der Waals surface area contributed by atoms with Crippen LogP contribution < -0.4 is 5.32 Å². The van der Waals surface area contributed by atoms with Crippen molar-refractivity contribution < 1.29 is 9.53 Å². The van der Waals surface area contributed by atoms with Crippen LogP contribution in [0, 0.1) is 34.5 Å². The minimum absolute atomic E-state index is 0.313. The number of Topliss-reactive ketones (excluding diaryl/α,β-unsaturated/α-hetero) is 1. The van der Waals surface area contributed by atoms with Crippen molar-refractivity contribution in [3.05, 3.63) is 0 Å². The Balaban J connectivity index is 1.51. The number of carbonyl (C=O) groups is 1. The summed E-state index contributed by atoms with van der Waals surface area (Å²) in [6.45, 7) is 5.97. The van der Waals surface area contributed by atoms with Gasteiger partial charge >= 0.3 is 0 Å². The highest BCUT2D eigenvalue weighted by molar-refractivity contribution is 5.82. The molecule has 5 aliphatic rings.